The summed E-state index contributed by atoms with van der Waals surface area (Å²) in [5, 5.41) is 11.1. The third-order valence-corrected chi connectivity index (χ3v) is 4.15. The summed E-state index contributed by atoms with van der Waals surface area (Å²) in [5.74, 6) is 1.32. The average Bonchev–Trinajstić information content (AvgIpc) is 2.94. The van der Waals surface area contributed by atoms with E-state index in [4.69, 9.17) is 0 Å². The quantitative estimate of drug-likeness (QED) is 0.693. The molecule has 1 amide bonds. The predicted octanol–water partition coefficient (Wildman–Crippen LogP) is 2.32. The van der Waals surface area contributed by atoms with Gasteiger partial charge in [0.2, 0.25) is 0 Å². The monoisotopic (exact) mass is 295 g/mol. The number of rotatable bonds is 3. The molecule has 112 valence electrons. The molecule has 22 heavy (non-hydrogen) atoms. The number of amides is 1. The van der Waals surface area contributed by atoms with Crippen molar-refractivity contribution < 1.29 is 4.79 Å². The molecule has 3 aromatic rings. The molecule has 2 aromatic heterocycles. The van der Waals surface area contributed by atoms with E-state index in [2.05, 4.69) is 31.5 Å². The molecule has 1 fully saturated rings. The van der Waals surface area contributed by atoms with Crippen LogP contribution in [0.5, 0.6) is 0 Å². The number of aromatic amines is 2. The van der Waals surface area contributed by atoms with Crippen molar-refractivity contribution in [2.45, 2.75) is 32.2 Å². The Morgan fingerprint density at radius 1 is 1.27 bits per heavy atom. The highest BCUT2D eigenvalue weighted by Crippen LogP contribution is 2.43. The molecule has 0 bridgehead atoms. The highest BCUT2D eigenvalue weighted by molar-refractivity contribution is 5.98. The van der Waals surface area contributed by atoms with Crippen LogP contribution in [0.4, 0.5) is 0 Å². The van der Waals surface area contributed by atoms with E-state index in [0.29, 0.717) is 11.5 Å². The molecule has 1 aromatic carbocycles. The number of hydrogen-bond acceptors (Lipinski definition) is 3. The highest BCUT2D eigenvalue weighted by Gasteiger charge is 2.49. The molecule has 0 radical (unpaired) electrons. The lowest BCUT2D eigenvalue weighted by molar-refractivity contribution is 0.0924. The van der Waals surface area contributed by atoms with Gasteiger partial charge in [-0.05, 0) is 44.9 Å². The molecule has 3 N–H and O–H groups in total. The van der Waals surface area contributed by atoms with Crippen LogP contribution in [0, 0.1) is 13.8 Å². The first-order valence-corrected chi connectivity index (χ1v) is 7.37. The number of aryl methyl sites for hydroxylation is 2. The van der Waals surface area contributed by atoms with Crippen LogP contribution in [0.3, 0.4) is 0 Å². The number of carbonyl (C=O) groups is 1. The molecule has 0 aliphatic heterocycles. The summed E-state index contributed by atoms with van der Waals surface area (Å²) < 4.78 is 0. The number of nitrogens with one attached hydrogen (secondary N) is 3. The van der Waals surface area contributed by atoms with E-state index in [0.717, 1.165) is 29.6 Å². The summed E-state index contributed by atoms with van der Waals surface area (Å²) in [5.41, 5.74) is 2.30. The van der Waals surface area contributed by atoms with Gasteiger partial charge in [0.1, 0.15) is 17.1 Å². The smallest absolute Gasteiger partial charge is 0.268 e. The topological polar surface area (TPSA) is 86.5 Å². The van der Waals surface area contributed by atoms with Crippen molar-refractivity contribution in [2.24, 2.45) is 0 Å². The number of fused-ring (bicyclic) bond motifs is 1. The molecular weight excluding hydrogens is 278 g/mol. The third kappa shape index (κ3) is 2.07. The standard InChI is InChI=1S/C16H17N5O/c1-9-3-4-12-11(7-9)8-13(18-12)14(22)19-16(5-6-16)15-17-10(2)20-21-15/h3-4,7-8,18H,5-6H2,1-2H3,(H,19,22)(H,17,20,21). The van der Waals surface area contributed by atoms with Gasteiger partial charge in [-0.3, -0.25) is 9.89 Å². The number of H-pyrrole nitrogens is 2. The van der Waals surface area contributed by atoms with Crippen LogP contribution in [-0.2, 0) is 5.54 Å². The largest absolute Gasteiger partial charge is 0.351 e. The summed E-state index contributed by atoms with van der Waals surface area (Å²) >= 11 is 0. The molecule has 0 spiro atoms. The zero-order valence-electron chi connectivity index (χ0n) is 12.5. The van der Waals surface area contributed by atoms with Crippen LogP contribution in [0.2, 0.25) is 0 Å². The average molecular weight is 295 g/mol. The van der Waals surface area contributed by atoms with Gasteiger partial charge in [-0.15, -0.1) is 0 Å². The maximum absolute atomic E-state index is 12.5. The number of hydrogen-bond donors (Lipinski definition) is 3. The van der Waals surface area contributed by atoms with Crippen molar-refractivity contribution in [3.63, 3.8) is 0 Å². The van der Waals surface area contributed by atoms with Crippen LogP contribution in [0.15, 0.2) is 24.3 Å². The van der Waals surface area contributed by atoms with Gasteiger partial charge in [0, 0.05) is 10.9 Å². The van der Waals surface area contributed by atoms with Gasteiger partial charge in [-0.2, -0.15) is 5.10 Å². The molecular formula is C16H17N5O. The Morgan fingerprint density at radius 2 is 2.09 bits per heavy atom. The maximum atomic E-state index is 12.5. The molecule has 6 heteroatoms. The Balaban J connectivity index is 1.61. The van der Waals surface area contributed by atoms with E-state index < -0.39 is 5.54 Å². The summed E-state index contributed by atoms with van der Waals surface area (Å²) in [6, 6.07) is 7.97. The second-order valence-corrected chi connectivity index (χ2v) is 6.05. The van der Waals surface area contributed by atoms with Crippen LogP contribution < -0.4 is 5.32 Å². The first kappa shape index (κ1) is 13.1. The predicted molar refractivity (Wildman–Crippen MR) is 82.5 cm³/mol. The molecule has 1 aliphatic rings. The van der Waals surface area contributed by atoms with Gasteiger partial charge < -0.3 is 10.3 Å². The summed E-state index contributed by atoms with van der Waals surface area (Å²) in [4.78, 5) is 20.1. The highest BCUT2D eigenvalue weighted by atomic mass is 16.2. The summed E-state index contributed by atoms with van der Waals surface area (Å²) in [6.07, 6.45) is 1.74. The number of nitrogens with zero attached hydrogens (tertiary/aromatic N) is 2. The first-order valence-electron chi connectivity index (χ1n) is 7.37. The SMILES string of the molecule is Cc1ccc2[nH]c(C(=O)NC3(c4n[nH]c(C)n4)CC3)cc2c1. The van der Waals surface area contributed by atoms with Crippen molar-refractivity contribution in [2.75, 3.05) is 0 Å². The van der Waals surface area contributed by atoms with Gasteiger partial charge >= 0.3 is 0 Å². The lowest BCUT2D eigenvalue weighted by Gasteiger charge is -2.12. The van der Waals surface area contributed by atoms with Crippen LogP contribution >= 0.6 is 0 Å². The minimum atomic E-state index is -0.408. The Kier molecular flexibility index (Phi) is 2.63. The Morgan fingerprint density at radius 3 is 2.77 bits per heavy atom. The molecule has 1 saturated carbocycles. The van der Waals surface area contributed by atoms with Crippen molar-refractivity contribution in [1.29, 1.82) is 0 Å². The lowest BCUT2D eigenvalue weighted by Crippen LogP contribution is -2.35. The molecule has 2 heterocycles. The van der Waals surface area contributed by atoms with Crippen molar-refractivity contribution in [3.8, 4) is 0 Å². The van der Waals surface area contributed by atoms with Crippen LogP contribution in [-0.4, -0.2) is 26.1 Å². The van der Waals surface area contributed by atoms with E-state index >= 15 is 0 Å². The minimum Gasteiger partial charge on any atom is -0.351 e. The second kappa shape index (κ2) is 4.43. The molecule has 0 saturated heterocycles. The molecule has 0 unspecified atom stereocenters. The van der Waals surface area contributed by atoms with Crippen molar-refractivity contribution in [3.05, 3.63) is 47.2 Å². The minimum absolute atomic E-state index is 0.117. The normalized spacial score (nSPS) is 15.9. The number of carbonyl (C=O) groups excluding carboxylic acids is 1. The van der Waals surface area contributed by atoms with Gasteiger partial charge in [0.15, 0.2) is 5.82 Å². The van der Waals surface area contributed by atoms with Crippen LogP contribution in [0.1, 0.15) is 40.5 Å². The molecule has 4 rings (SSSR count). The van der Waals surface area contributed by atoms with Gasteiger partial charge in [0.25, 0.3) is 5.91 Å². The Bertz CT molecular complexity index is 872. The van der Waals surface area contributed by atoms with E-state index in [1.807, 2.05) is 32.0 Å². The van der Waals surface area contributed by atoms with Gasteiger partial charge in [-0.25, -0.2) is 4.98 Å². The zero-order valence-corrected chi connectivity index (χ0v) is 12.5. The van der Waals surface area contributed by atoms with E-state index in [1.54, 1.807) is 0 Å². The number of benzene rings is 1. The summed E-state index contributed by atoms with van der Waals surface area (Å²) in [6.45, 7) is 3.89. The van der Waals surface area contributed by atoms with E-state index in [1.165, 1.54) is 5.56 Å². The zero-order chi connectivity index (χ0) is 15.3. The fourth-order valence-electron chi connectivity index (χ4n) is 2.75. The number of aromatic nitrogens is 4. The third-order valence-electron chi connectivity index (χ3n) is 4.15. The lowest BCUT2D eigenvalue weighted by atomic mass is 10.2. The van der Waals surface area contributed by atoms with E-state index in [-0.39, 0.29) is 5.91 Å². The van der Waals surface area contributed by atoms with E-state index in [9.17, 15) is 4.79 Å². The van der Waals surface area contributed by atoms with Gasteiger partial charge in [0.05, 0.1) is 0 Å². The summed E-state index contributed by atoms with van der Waals surface area (Å²) in [7, 11) is 0. The maximum Gasteiger partial charge on any atom is 0.268 e. The molecule has 1 aliphatic carbocycles. The fourth-order valence-corrected chi connectivity index (χ4v) is 2.75. The molecule has 0 atom stereocenters. The Labute approximate surface area is 127 Å². The van der Waals surface area contributed by atoms with Crippen molar-refractivity contribution >= 4 is 16.8 Å². The fraction of sp³-hybridized carbons (Fsp3) is 0.312. The van der Waals surface area contributed by atoms with Gasteiger partial charge in [-0.1, -0.05) is 11.6 Å². The second-order valence-electron chi connectivity index (χ2n) is 6.05. The first-order chi connectivity index (χ1) is 10.6. The Hall–Kier alpha value is -2.63. The molecule has 6 nitrogen and oxygen atoms in total. The van der Waals surface area contributed by atoms with Crippen LogP contribution in [0.25, 0.3) is 10.9 Å². The van der Waals surface area contributed by atoms with Crippen molar-refractivity contribution in [1.82, 2.24) is 25.5 Å².